The standard InChI is InChI=1S/C20H20N8O5S2/c29-13-21-18-11-19(28(30)31)26(23-18)12-15-5-6-20(34-15)35(32,33)25-9-7-14(8-10-25)27-17-4-2-1-3-16(17)22-24-27/h1-6,11,13-14H,7-10,12H2,(H,21,23,29). The van der Waals surface area contributed by atoms with Crippen LogP contribution in [0.25, 0.3) is 11.0 Å². The van der Waals surface area contributed by atoms with Crippen LogP contribution < -0.4 is 5.32 Å². The third-order valence-corrected chi connectivity index (χ3v) is 9.27. The van der Waals surface area contributed by atoms with Crippen LogP contribution in [0.4, 0.5) is 11.6 Å². The highest BCUT2D eigenvalue weighted by atomic mass is 32.2. The molecule has 4 heterocycles. The Balaban J connectivity index is 1.29. The fraction of sp³-hybridized carbons (Fsp3) is 0.300. The lowest BCUT2D eigenvalue weighted by atomic mass is 10.1. The molecule has 0 aliphatic carbocycles. The van der Waals surface area contributed by atoms with E-state index in [0.717, 1.165) is 33.1 Å². The van der Waals surface area contributed by atoms with Gasteiger partial charge in [-0.3, -0.25) is 4.79 Å². The average molecular weight is 517 g/mol. The van der Waals surface area contributed by atoms with Gasteiger partial charge in [0.05, 0.1) is 17.6 Å². The Labute approximate surface area is 203 Å². The molecule has 1 saturated heterocycles. The Kier molecular flexibility index (Phi) is 6.04. The van der Waals surface area contributed by atoms with E-state index in [2.05, 4.69) is 20.7 Å². The molecule has 1 amide bonds. The molecule has 0 bridgehead atoms. The molecule has 35 heavy (non-hydrogen) atoms. The van der Waals surface area contributed by atoms with Crippen LogP contribution in [0.1, 0.15) is 23.8 Å². The van der Waals surface area contributed by atoms with Crippen molar-refractivity contribution in [2.45, 2.75) is 29.6 Å². The second-order valence-corrected chi connectivity index (χ2v) is 11.3. The molecule has 13 nitrogen and oxygen atoms in total. The fourth-order valence-electron chi connectivity index (χ4n) is 4.14. The number of rotatable bonds is 8. The maximum Gasteiger partial charge on any atom is 0.347 e. The molecule has 5 rings (SSSR count). The van der Waals surface area contributed by atoms with Gasteiger partial charge in [-0.05, 0) is 42.0 Å². The highest BCUT2D eigenvalue weighted by molar-refractivity contribution is 7.91. The van der Waals surface area contributed by atoms with Crippen molar-refractivity contribution in [3.8, 4) is 0 Å². The van der Waals surface area contributed by atoms with E-state index in [9.17, 15) is 23.3 Å². The molecule has 1 aromatic carbocycles. The minimum atomic E-state index is -3.71. The molecule has 0 radical (unpaired) electrons. The first-order chi connectivity index (χ1) is 16.9. The number of amides is 1. The number of hydrogen-bond acceptors (Lipinski definition) is 9. The molecule has 1 fully saturated rings. The predicted octanol–water partition coefficient (Wildman–Crippen LogP) is 2.24. The maximum absolute atomic E-state index is 13.2. The molecule has 3 aromatic heterocycles. The zero-order valence-electron chi connectivity index (χ0n) is 18.2. The normalized spacial score (nSPS) is 15.4. The minimum Gasteiger partial charge on any atom is -0.358 e. The average Bonchev–Trinajstić information content (AvgIpc) is 3.58. The van der Waals surface area contributed by atoms with Crippen molar-refractivity contribution < 1.29 is 18.1 Å². The van der Waals surface area contributed by atoms with Gasteiger partial charge in [0.25, 0.3) is 10.0 Å². The molecule has 0 atom stereocenters. The van der Waals surface area contributed by atoms with Gasteiger partial charge in [-0.25, -0.2) is 13.1 Å². The van der Waals surface area contributed by atoms with Gasteiger partial charge in [-0.15, -0.1) is 21.1 Å². The minimum absolute atomic E-state index is 0.00150. The second kappa shape index (κ2) is 9.16. The Hall–Kier alpha value is -3.69. The van der Waals surface area contributed by atoms with Crippen LogP contribution in [0.2, 0.25) is 0 Å². The Morgan fingerprint density at radius 1 is 1.20 bits per heavy atom. The number of para-hydroxylation sites is 1. The smallest absolute Gasteiger partial charge is 0.347 e. The van der Waals surface area contributed by atoms with Crippen molar-refractivity contribution >= 4 is 50.4 Å². The monoisotopic (exact) mass is 516 g/mol. The molecule has 0 unspecified atom stereocenters. The van der Waals surface area contributed by atoms with E-state index < -0.39 is 14.9 Å². The van der Waals surface area contributed by atoms with E-state index in [0.29, 0.717) is 37.2 Å². The van der Waals surface area contributed by atoms with Gasteiger partial charge in [0.1, 0.15) is 16.3 Å². The summed E-state index contributed by atoms with van der Waals surface area (Å²) < 4.78 is 31.1. The number of nitro groups is 1. The summed E-state index contributed by atoms with van der Waals surface area (Å²) >= 11 is 1.04. The van der Waals surface area contributed by atoms with E-state index in [1.54, 1.807) is 6.07 Å². The van der Waals surface area contributed by atoms with Gasteiger partial charge < -0.3 is 15.4 Å². The van der Waals surface area contributed by atoms with Crippen LogP contribution in [0.5, 0.6) is 0 Å². The summed E-state index contributed by atoms with van der Waals surface area (Å²) in [6.07, 6.45) is 1.59. The number of fused-ring (bicyclic) bond motifs is 1. The van der Waals surface area contributed by atoms with Crippen molar-refractivity contribution in [3.63, 3.8) is 0 Å². The molecular formula is C20H20N8O5S2. The van der Waals surface area contributed by atoms with Crippen molar-refractivity contribution in [1.82, 2.24) is 29.1 Å². The number of anilines is 1. The van der Waals surface area contributed by atoms with E-state index >= 15 is 0 Å². The number of piperidine rings is 1. The Bertz CT molecular complexity index is 1500. The van der Waals surface area contributed by atoms with Crippen LogP contribution in [0.3, 0.4) is 0 Å². The predicted molar refractivity (Wildman–Crippen MR) is 127 cm³/mol. The molecule has 4 aromatic rings. The molecule has 1 aliphatic heterocycles. The van der Waals surface area contributed by atoms with Gasteiger partial charge in [0.15, 0.2) is 5.82 Å². The van der Waals surface area contributed by atoms with Gasteiger partial charge in [-0.2, -0.15) is 4.31 Å². The third-order valence-electron chi connectivity index (χ3n) is 5.84. The van der Waals surface area contributed by atoms with Gasteiger partial charge >= 0.3 is 5.82 Å². The van der Waals surface area contributed by atoms with Gasteiger partial charge in [0.2, 0.25) is 6.41 Å². The summed E-state index contributed by atoms with van der Waals surface area (Å²) in [4.78, 5) is 21.9. The van der Waals surface area contributed by atoms with Crippen LogP contribution in [0.15, 0.2) is 46.7 Å². The summed E-state index contributed by atoms with van der Waals surface area (Å²) in [7, 11) is -3.71. The Morgan fingerprint density at radius 3 is 2.71 bits per heavy atom. The largest absolute Gasteiger partial charge is 0.358 e. The fourth-order valence-corrected chi connectivity index (χ4v) is 7.10. The number of thiophene rings is 1. The van der Waals surface area contributed by atoms with E-state index in [1.807, 2.05) is 28.9 Å². The van der Waals surface area contributed by atoms with Gasteiger partial charge in [-0.1, -0.05) is 22.4 Å². The van der Waals surface area contributed by atoms with Crippen LogP contribution in [-0.2, 0) is 21.4 Å². The summed E-state index contributed by atoms with van der Waals surface area (Å²) in [5.74, 6) is -0.269. The van der Waals surface area contributed by atoms with Crippen molar-refractivity contribution in [2.24, 2.45) is 0 Å². The summed E-state index contributed by atoms with van der Waals surface area (Å²) in [5.41, 5.74) is 1.73. The highest BCUT2D eigenvalue weighted by Crippen LogP contribution is 2.32. The molecule has 182 valence electrons. The van der Waals surface area contributed by atoms with E-state index in [-0.39, 0.29) is 28.4 Å². The zero-order chi connectivity index (χ0) is 24.6. The zero-order valence-corrected chi connectivity index (χ0v) is 19.9. The summed E-state index contributed by atoms with van der Waals surface area (Å²) in [5, 5.41) is 26.0. The van der Waals surface area contributed by atoms with Crippen LogP contribution in [-0.4, -0.2) is 61.9 Å². The first-order valence-electron chi connectivity index (χ1n) is 10.7. The van der Waals surface area contributed by atoms with E-state index in [1.165, 1.54) is 10.4 Å². The SMILES string of the molecule is O=CNc1cc([N+](=O)[O-])n(Cc2ccc(S(=O)(=O)N3CCC(n4nnc5ccccc54)CC3)s2)n1. The number of sulfonamides is 1. The molecule has 1 aliphatic rings. The van der Waals surface area contributed by atoms with Crippen LogP contribution in [0, 0.1) is 10.1 Å². The number of carbonyl (C=O) groups excluding carboxylic acids is 1. The molecule has 15 heteroatoms. The topological polar surface area (TPSA) is 158 Å². The van der Waals surface area contributed by atoms with Crippen molar-refractivity contribution in [3.05, 3.63) is 57.5 Å². The quantitative estimate of drug-likeness (QED) is 0.212. The number of aromatic nitrogens is 5. The Morgan fingerprint density at radius 2 is 1.97 bits per heavy atom. The lowest BCUT2D eigenvalue weighted by molar-refractivity contribution is -0.392. The lowest BCUT2D eigenvalue weighted by Gasteiger charge is -2.30. The van der Waals surface area contributed by atoms with Gasteiger partial charge in [0, 0.05) is 18.0 Å². The summed E-state index contributed by atoms with van der Waals surface area (Å²) in [6.45, 7) is 0.692. The first kappa shape index (κ1) is 23.1. The lowest BCUT2D eigenvalue weighted by Crippen LogP contribution is -2.38. The van der Waals surface area contributed by atoms with Crippen LogP contribution >= 0.6 is 11.3 Å². The number of hydrogen-bond donors (Lipinski definition) is 1. The molecule has 1 N–H and O–H groups in total. The number of benzene rings is 1. The second-order valence-electron chi connectivity index (χ2n) is 7.94. The summed E-state index contributed by atoms with van der Waals surface area (Å²) in [6, 6.07) is 12.0. The van der Waals surface area contributed by atoms with Crippen molar-refractivity contribution in [2.75, 3.05) is 18.4 Å². The first-order valence-corrected chi connectivity index (χ1v) is 12.9. The maximum atomic E-state index is 13.2. The highest BCUT2D eigenvalue weighted by Gasteiger charge is 2.32. The van der Waals surface area contributed by atoms with E-state index in [4.69, 9.17) is 0 Å². The number of carbonyl (C=O) groups is 1. The number of nitrogens with one attached hydrogen (secondary N) is 1. The molecule has 0 spiro atoms. The molecule has 0 saturated carbocycles. The third kappa shape index (κ3) is 4.40. The van der Waals surface area contributed by atoms with Crippen molar-refractivity contribution in [1.29, 1.82) is 0 Å². The molecular weight excluding hydrogens is 496 g/mol. The number of nitrogens with zero attached hydrogens (tertiary/aromatic N) is 7.